The third kappa shape index (κ3) is 10.4. The average molecular weight is 672 g/mol. The molecule has 4 aromatic rings. The van der Waals surface area contributed by atoms with Gasteiger partial charge in [-0.1, -0.05) is 133 Å². The van der Waals surface area contributed by atoms with Crippen molar-refractivity contribution in [3.05, 3.63) is 149 Å². The summed E-state index contributed by atoms with van der Waals surface area (Å²) < 4.78 is 0. The molecule has 0 N–H and O–H groups in total. The van der Waals surface area contributed by atoms with Gasteiger partial charge in [-0.25, -0.2) is 0 Å². The maximum atomic E-state index is 5.43. The van der Waals surface area contributed by atoms with Crippen molar-refractivity contribution in [3.63, 3.8) is 0 Å². The summed E-state index contributed by atoms with van der Waals surface area (Å²) in [6.07, 6.45) is 0. The van der Waals surface area contributed by atoms with Crippen molar-refractivity contribution in [2.45, 2.75) is 24.2 Å². The van der Waals surface area contributed by atoms with Gasteiger partial charge in [0.1, 0.15) is 0 Å². The Bertz CT molecular complexity index is 1320. The topological polar surface area (TPSA) is 23.8 Å². The van der Waals surface area contributed by atoms with Crippen LogP contribution in [-0.2, 0) is 14.7 Å². The van der Waals surface area contributed by atoms with Crippen molar-refractivity contribution in [2.24, 2.45) is 0 Å². The fourth-order valence-electron chi connectivity index (χ4n) is 5.89. The molecule has 1 aliphatic heterocycles. The van der Waals surface area contributed by atoms with Crippen LogP contribution in [0.5, 0.6) is 0 Å². The molecule has 0 bridgehead atoms. The summed E-state index contributed by atoms with van der Waals surface area (Å²) in [5.74, 6) is 0. The molecule has 0 aromatic heterocycles. The van der Waals surface area contributed by atoms with Crippen LogP contribution in [0.1, 0.15) is 46.4 Å². The van der Waals surface area contributed by atoms with E-state index in [0.717, 1.165) is 26.2 Å². The van der Waals surface area contributed by atoms with Gasteiger partial charge in [0.25, 0.3) is 0 Å². The molecule has 4 nitrogen and oxygen atoms in total. The number of likely N-dealkylation sites (N-methyl/N-ethyl adjacent to an activating group) is 3. The van der Waals surface area contributed by atoms with Gasteiger partial charge in [0.05, 0.1) is 0 Å². The predicted molar refractivity (Wildman–Crippen MR) is 180 cm³/mol. The summed E-state index contributed by atoms with van der Waals surface area (Å²) in [4.78, 5) is 7.58. The maximum absolute atomic E-state index is 5.43. The van der Waals surface area contributed by atoms with E-state index in [9.17, 15) is 0 Å². The van der Waals surface area contributed by atoms with Crippen molar-refractivity contribution in [1.29, 1.82) is 0 Å². The second-order valence-electron chi connectivity index (χ2n) is 11.1. The van der Waals surface area contributed by atoms with E-state index < -0.39 is 14.7 Å². The standard InChI is InChI=1S/C35H41N4.3ClH.Ti/c1-37-25-32(28-16-8-4-9-17-28)36-24-33(29-18-10-5-11-19-29)38(2)26-35(31-22-14-7-15-23-31)39(3)27-34(37)30-20-12-6-13-21-30;;;;/h4-23,32-35H,24-27H2,1-3H3;3*1H;/q-1;;;;+4/p-3. The molecule has 5 rings (SSSR count). The summed E-state index contributed by atoms with van der Waals surface area (Å²) in [5.41, 5.74) is 5.29. The summed E-state index contributed by atoms with van der Waals surface area (Å²) in [6.45, 7) is 3.44. The Morgan fingerprint density at radius 3 is 1.19 bits per heavy atom. The molecule has 226 valence electrons. The molecule has 4 unspecified atom stereocenters. The molecule has 1 saturated heterocycles. The fourth-order valence-corrected chi connectivity index (χ4v) is 5.89. The Labute approximate surface area is 276 Å². The van der Waals surface area contributed by atoms with Crippen molar-refractivity contribution < 1.29 is 14.7 Å². The second-order valence-corrected chi connectivity index (χ2v) is 18.8. The Hall–Kier alpha value is -1.70. The normalized spacial score (nSPS) is 22.8. The van der Waals surface area contributed by atoms with Crippen LogP contribution >= 0.6 is 27.9 Å². The fraction of sp³-hybridized carbons (Fsp3) is 0.314. The van der Waals surface area contributed by atoms with Gasteiger partial charge >= 0.3 is 42.6 Å². The molecule has 4 atom stereocenters. The van der Waals surface area contributed by atoms with Crippen molar-refractivity contribution >= 4 is 27.9 Å². The van der Waals surface area contributed by atoms with E-state index >= 15 is 0 Å². The molecule has 1 aliphatic rings. The minimum atomic E-state index is -1.92. The van der Waals surface area contributed by atoms with Gasteiger partial charge in [0.15, 0.2) is 0 Å². The predicted octanol–water partition coefficient (Wildman–Crippen LogP) is 9.20. The third-order valence-electron chi connectivity index (χ3n) is 8.22. The summed E-state index contributed by atoms with van der Waals surface area (Å²) in [5, 5.41) is 5.43. The summed E-state index contributed by atoms with van der Waals surface area (Å²) in [7, 11) is 21.7. The first-order valence-electron chi connectivity index (χ1n) is 14.6. The van der Waals surface area contributed by atoms with E-state index in [2.05, 4.69) is 157 Å². The molecular weight excluding hydrogens is 631 g/mol. The molecule has 0 saturated carbocycles. The monoisotopic (exact) mass is 670 g/mol. The molecular formula is C35H41Cl3N4Ti. The molecule has 1 fully saturated rings. The first-order chi connectivity index (χ1) is 20.8. The number of hydrogen-bond donors (Lipinski definition) is 0. The van der Waals surface area contributed by atoms with Crippen molar-refractivity contribution in [2.75, 3.05) is 47.3 Å². The molecule has 1 heterocycles. The summed E-state index contributed by atoms with van der Waals surface area (Å²) in [6, 6.07) is 44.4. The average Bonchev–Trinajstić information content (AvgIpc) is 3.03. The van der Waals surface area contributed by atoms with Crippen molar-refractivity contribution in [3.8, 4) is 0 Å². The van der Waals surface area contributed by atoms with Gasteiger partial charge in [-0.2, -0.15) is 0 Å². The number of rotatable bonds is 4. The zero-order valence-electron chi connectivity index (χ0n) is 25.1. The van der Waals surface area contributed by atoms with E-state index in [0.29, 0.717) is 0 Å². The van der Waals surface area contributed by atoms with E-state index in [-0.39, 0.29) is 24.2 Å². The van der Waals surface area contributed by atoms with Crippen LogP contribution in [0.3, 0.4) is 0 Å². The van der Waals surface area contributed by atoms with Gasteiger partial charge in [-0.15, -0.1) is 6.54 Å². The molecule has 0 aliphatic carbocycles. The zero-order chi connectivity index (χ0) is 30.6. The third-order valence-corrected chi connectivity index (χ3v) is 8.22. The van der Waals surface area contributed by atoms with Crippen molar-refractivity contribution in [1.82, 2.24) is 14.7 Å². The van der Waals surface area contributed by atoms with Crippen LogP contribution < -0.4 is 0 Å². The van der Waals surface area contributed by atoms with Crippen LogP contribution in [0, 0.1) is 0 Å². The minimum absolute atomic E-state index is 0.0941. The zero-order valence-corrected chi connectivity index (χ0v) is 28.9. The Morgan fingerprint density at radius 1 is 0.488 bits per heavy atom. The first-order valence-corrected chi connectivity index (χ1v) is 21.1. The van der Waals surface area contributed by atoms with Gasteiger partial charge < -0.3 is 5.32 Å². The van der Waals surface area contributed by atoms with Crippen LogP contribution in [0.15, 0.2) is 121 Å². The quantitative estimate of drug-likeness (QED) is 0.202. The molecule has 43 heavy (non-hydrogen) atoms. The molecule has 0 spiro atoms. The van der Waals surface area contributed by atoms with Crippen LogP contribution in [0.4, 0.5) is 0 Å². The van der Waals surface area contributed by atoms with Crippen LogP contribution in [0.25, 0.3) is 5.32 Å². The van der Waals surface area contributed by atoms with E-state index in [1.165, 1.54) is 22.3 Å². The first kappa shape index (κ1) is 34.2. The number of halogens is 3. The van der Waals surface area contributed by atoms with Crippen LogP contribution in [0.2, 0.25) is 0 Å². The Kier molecular flexibility index (Phi) is 14.1. The number of benzene rings is 4. The molecule has 8 heteroatoms. The Balaban J connectivity index is 0.000000996. The SMILES string of the molecule is CN1CC(c2ccccc2)[N-]CC(c2ccccc2)N(C)CC(c2ccccc2)N(C)CC1c1ccccc1.[Cl][Ti+]([Cl])[Cl]. The van der Waals surface area contributed by atoms with E-state index in [1.54, 1.807) is 0 Å². The van der Waals surface area contributed by atoms with Crippen LogP contribution in [-0.4, -0.2) is 62.0 Å². The number of nitrogens with zero attached hydrogens (tertiary/aromatic N) is 4. The van der Waals surface area contributed by atoms with Gasteiger partial charge in [-0.3, -0.25) is 14.7 Å². The molecule has 0 radical (unpaired) electrons. The molecule has 0 amide bonds. The second kappa shape index (κ2) is 17.7. The number of hydrogen-bond acceptors (Lipinski definition) is 3. The van der Waals surface area contributed by atoms with Gasteiger partial charge in [0.2, 0.25) is 0 Å². The van der Waals surface area contributed by atoms with Gasteiger partial charge in [0, 0.05) is 31.2 Å². The Morgan fingerprint density at radius 2 is 0.791 bits per heavy atom. The van der Waals surface area contributed by atoms with E-state index in [4.69, 9.17) is 33.2 Å². The molecule has 4 aromatic carbocycles. The van der Waals surface area contributed by atoms with E-state index in [1.807, 2.05) is 0 Å². The summed E-state index contributed by atoms with van der Waals surface area (Å²) >= 11 is -1.92. The van der Waals surface area contributed by atoms with Gasteiger partial charge in [-0.05, 0) is 44.4 Å².